The Morgan fingerprint density at radius 1 is 1.21 bits per heavy atom. The molecule has 0 unspecified atom stereocenters. The molecule has 1 aromatic heterocycles. The maximum Gasteiger partial charge on any atom is 0.114 e. The first-order chi connectivity index (χ1) is 6.92. The minimum atomic E-state index is 0.629. The van der Waals surface area contributed by atoms with E-state index >= 15 is 0 Å². The molecule has 0 atom stereocenters. The Morgan fingerprint density at radius 3 is 2.71 bits per heavy atom. The highest BCUT2D eigenvalue weighted by molar-refractivity contribution is 5.32. The molecule has 1 aromatic carbocycles. The molecule has 2 N–H and O–H groups in total. The van der Waals surface area contributed by atoms with Gasteiger partial charge in [0, 0.05) is 24.5 Å². The van der Waals surface area contributed by atoms with Crippen LogP contribution < -0.4 is 5.73 Å². The summed E-state index contributed by atoms with van der Waals surface area (Å²) in [7, 11) is 0. The molecule has 0 aliphatic rings. The van der Waals surface area contributed by atoms with Crippen molar-refractivity contribution in [3.05, 3.63) is 48.5 Å². The van der Waals surface area contributed by atoms with Gasteiger partial charge in [-0.2, -0.15) is 0 Å². The zero-order valence-corrected chi connectivity index (χ0v) is 7.93. The average Bonchev–Trinajstić information content (AvgIpc) is 2.68. The van der Waals surface area contributed by atoms with Crippen molar-refractivity contribution in [1.29, 1.82) is 0 Å². The molecule has 2 aromatic rings. The van der Waals surface area contributed by atoms with Gasteiger partial charge in [0.05, 0.1) is 0 Å². The van der Waals surface area contributed by atoms with Crippen LogP contribution in [0.5, 0.6) is 0 Å². The van der Waals surface area contributed by atoms with Crippen LogP contribution in [0.3, 0.4) is 0 Å². The maximum atomic E-state index is 5.51. The molecule has 0 saturated heterocycles. The minimum Gasteiger partial charge on any atom is -0.330 e. The van der Waals surface area contributed by atoms with E-state index in [2.05, 4.69) is 21.7 Å². The standard InChI is InChI=1S/C11H13N3/c12-7-6-11-13-8-9-14(11)10-4-2-1-3-5-10/h1-5,8-9H,6-7,12H2. The van der Waals surface area contributed by atoms with E-state index in [1.807, 2.05) is 24.4 Å². The maximum absolute atomic E-state index is 5.51. The summed E-state index contributed by atoms with van der Waals surface area (Å²) in [5.41, 5.74) is 6.65. The third-order valence-electron chi connectivity index (χ3n) is 2.12. The van der Waals surface area contributed by atoms with Crippen LogP contribution in [0.25, 0.3) is 5.69 Å². The van der Waals surface area contributed by atoms with Crippen molar-refractivity contribution in [3.63, 3.8) is 0 Å². The van der Waals surface area contributed by atoms with Gasteiger partial charge in [0.1, 0.15) is 5.82 Å². The van der Waals surface area contributed by atoms with Crippen molar-refractivity contribution < 1.29 is 0 Å². The summed E-state index contributed by atoms with van der Waals surface area (Å²) in [5.74, 6) is 1.01. The summed E-state index contributed by atoms with van der Waals surface area (Å²) >= 11 is 0. The Hall–Kier alpha value is -1.61. The van der Waals surface area contributed by atoms with E-state index in [1.165, 1.54) is 0 Å². The van der Waals surface area contributed by atoms with Gasteiger partial charge in [-0.1, -0.05) is 18.2 Å². The van der Waals surface area contributed by atoms with E-state index in [0.29, 0.717) is 6.54 Å². The third kappa shape index (κ3) is 1.67. The van der Waals surface area contributed by atoms with Gasteiger partial charge in [-0.3, -0.25) is 0 Å². The van der Waals surface area contributed by atoms with Gasteiger partial charge in [-0.05, 0) is 18.7 Å². The Bertz CT molecular complexity index is 392. The largest absolute Gasteiger partial charge is 0.330 e. The number of aromatic nitrogens is 2. The predicted molar refractivity (Wildman–Crippen MR) is 56.3 cm³/mol. The lowest BCUT2D eigenvalue weighted by atomic mass is 10.3. The van der Waals surface area contributed by atoms with Crippen molar-refractivity contribution in [1.82, 2.24) is 9.55 Å². The van der Waals surface area contributed by atoms with Gasteiger partial charge in [0.2, 0.25) is 0 Å². The van der Waals surface area contributed by atoms with Gasteiger partial charge >= 0.3 is 0 Å². The highest BCUT2D eigenvalue weighted by Gasteiger charge is 2.02. The quantitative estimate of drug-likeness (QED) is 0.788. The number of rotatable bonds is 3. The summed E-state index contributed by atoms with van der Waals surface area (Å²) in [4.78, 5) is 4.27. The second-order valence-corrected chi connectivity index (χ2v) is 3.09. The van der Waals surface area contributed by atoms with Gasteiger partial charge in [-0.15, -0.1) is 0 Å². The first-order valence-electron chi connectivity index (χ1n) is 4.69. The molecule has 0 aliphatic heterocycles. The van der Waals surface area contributed by atoms with Crippen LogP contribution >= 0.6 is 0 Å². The highest BCUT2D eigenvalue weighted by Crippen LogP contribution is 2.09. The lowest BCUT2D eigenvalue weighted by Crippen LogP contribution is -2.08. The number of hydrogen-bond donors (Lipinski definition) is 1. The molecule has 0 saturated carbocycles. The molecule has 0 fully saturated rings. The molecule has 0 spiro atoms. The number of nitrogens with zero attached hydrogens (tertiary/aromatic N) is 2. The number of benzene rings is 1. The monoisotopic (exact) mass is 187 g/mol. The van der Waals surface area contributed by atoms with E-state index in [0.717, 1.165) is 17.9 Å². The zero-order chi connectivity index (χ0) is 9.80. The molecule has 72 valence electrons. The Kier molecular flexibility index (Phi) is 2.60. The van der Waals surface area contributed by atoms with Crippen LogP contribution in [-0.2, 0) is 6.42 Å². The smallest absolute Gasteiger partial charge is 0.114 e. The average molecular weight is 187 g/mol. The molecule has 14 heavy (non-hydrogen) atoms. The third-order valence-corrected chi connectivity index (χ3v) is 2.12. The lowest BCUT2D eigenvalue weighted by molar-refractivity contribution is 0.837. The van der Waals surface area contributed by atoms with Crippen LogP contribution in [0.2, 0.25) is 0 Å². The van der Waals surface area contributed by atoms with Crippen LogP contribution in [0.1, 0.15) is 5.82 Å². The summed E-state index contributed by atoms with van der Waals surface area (Å²) in [6.07, 6.45) is 4.57. The molecule has 3 heteroatoms. The SMILES string of the molecule is NCCc1nccn1-c1ccccc1. The fraction of sp³-hybridized carbons (Fsp3) is 0.182. The van der Waals surface area contributed by atoms with E-state index in [1.54, 1.807) is 6.20 Å². The van der Waals surface area contributed by atoms with Gasteiger partial charge in [-0.25, -0.2) is 4.98 Å². The molecular weight excluding hydrogens is 174 g/mol. The summed E-state index contributed by atoms with van der Waals surface area (Å²) in [6, 6.07) is 10.1. The van der Waals surface area contributed by atoms with E-state index < -0.39 is 0 Å². The molecule has 0 aliphatic carbocycles. The second kappa shape index (κ2) is 4.07. The van der Waals surface area contributed by atoms with Crippen molar-refractivity contribution in [3.8, 4) is 5.69 Å². The van der Waals surface area contributed by atoms with Crippen molar-refractivity contribution >= 4 is 0 Å². The van der Waals surface area contributed by atoms with Gasteiger partial charge < -0.3 is 10.3 Å². The molecule has 0 bridgehead atoms. The first kappa shape index (κ1) is 8.97. The summed E-state index contributed by atoms with van der Waals surface area (Å²) < 4.78 is 2.06. The topological polar surface area (TPSA) is 43.8 Å². The fourth-order valence-electron chi connectivity index (χ4n) is 1.47. The molecule has 0 amide bonds. The summed E-state index contributed by atoms with van der Waals surface area (Å²) in [5, 5.41) is 0. The van der Waals surface area contributed by atoms with E-state index in [-0.39, 0.29) is 0 Å². The highest BCUT2D eigenvalue weighted by atomic mass is 15.1. The molecule has 0 radical (unpaired) electrons. The minimum absolute atomic E-state index is 0.629. The van der Waals surface area contributed by atoms with Crippen molar-refractivity contribution in [2.24, 2.45) is 5.73 Å². The number of nitrogens with two attached hydrogens (primary N) is 1. The van der Waals surface area contributed by atoms with E-state index in [9.17, 15) is 0 Å². The molecule has 3 nitrogen and oxygen atoms in total. The molecular formula is C11H13N3. The van der Waals surface area contributed by atoms with Gasteiger partial charge in [0.15, 0.2) is 0 Å². The van der Waals surface area contributed by atoms with Crippen LogP contribution in [0.4, 0.5) is 0 Å². The normalized spacial score (nSPS) is 10.4. The fourth-order valence-corrected chi connectivity index (χ4v) is 1.47. The second-order valence-electron chi connectivity index (χ2n) is 3.09. The van der Waals surface area contributed by atoms with Gasteiger partial charge in [0.25, 0.3) is 0 Å². The van der Waals surface area contributed by atoms with Crippen molar-refractivity contribution in [2.75, 3.05) is 6.54 Å². The Balaban J connectivity index is 2.37. The van der Waals surface area contributed by atoms with Crippen LogP contribution in [0.15, 0.2) is 42.7 Å². The predicted octanol–water partition coefficient (Wildman–Crippen LogP) is 1.37. The van der Waals surface area contributed by atoms with E-state index in [4.69, 9.17) is 5.73 Å². The number of hydrogen-bond acceptors (Lipinski definition) is 2. The lowest BCUT2D eigenvalue weighted by Gasteiger charge is -2.05. The Morgan fingerprint density at radius 2 is 2.00 bits per heavy atom. The zero-order valence-electron chi connectivity index (χ0n) is 7.93. The molecule has 2 rings (SSSR count). The Labute approximate surface area is 83.2 Å². The summed E-state index contributed by atoms with van der Waals surface area (Å²) in [6.45, 7) is 0.629. The molecule has 1 heterocycles. The number of para-hydroxylation sites is 1. The van der Waals surface area contributed by atoms with Crippen LogP contribution in [-0.4, -0.2) is 16.1 Å². The van der Waals surface area contributed by atoms with Crippen molar-refractivity contribution in [2.45, 2.75) is 6.42 Å². The van der Waals surface area contributed by atoms with Crippen LogP contribution in [0, 0.1) is 0 Å². The number of imidazole rings is 1. The first-order valence-corrected chi connectivity index (χ1v) is 4.69.